The minimum Gasteiger partial charge on any atom is -0.502 e. The molecular formula is C13H8O3S. The first kappa shape index (κ1) is 10.1. The van der Waals surface area contributed by atoms with E-state index >= 15 is 0 Å². The van der Waals surface area contributed by atoms with Crippen LogP contribution in [0.1, 0.15) is 0 Å². The summed E-state index contributed by atoms with van der Waals surface area (Å²) >= 11 is 1.48. The van der Waals surface area contributed by atoms with E-state index in [4.69, 9.17) is 4.42 Å². The lowest BCUT2D eigenvalue weighted by Gasteiger charge is -2.03. The molecule has 2 heterocycles. The summed E-state index contributed by atoms with van der Waals surface area (Å²) in [5, 5.41) is 13.9. The predicted octanol–water partition coefficient (Wildman–Crippen LogP) is 3.23. The van der Waals surface area contributed by atoms with Gasteiger partial charge in [-0.2, -0.15) is 11.3 Å². The maximum Gasteiger partial charge on any atom is 0.235 e. The third kappa shape index (κ3) is 1.54. The molecule has 4 heteroatoms. The quantitative estimate of drug-likeness (QED) is 0.715. The van der Waals surface area contributed by atoms with Crippen LogP contribution < -0.4 is 5.43 Å². The Labute approximate surface area is 101 Å². The minimum atomic E-state index is -0.395. The zero-order chi connectivity index (χ0) is 11.8. The number of rotatable bonds is 1. The summed E-state index contributed by atoms with van der Waals surface area (Å²) in [6, 6.07) is 8.68. The van der Waals surface area contributed by atoms with Crippen LogP contribution in [0.3, 0.4) is 0 Å². The van der Waals surface area contributed by atoms with Gasteiger partial charge in [-0.3, -0.25) is 4.79 Å². The summed E-state index contributed by atoms with van der Waals surface area (Å²) in [4.78, 5) is 11.9. The molecule has 0 aliphatic heterocycles. The summed E-state index contributed by atoms with van der Waals surface area (Å²) in [6.45, 7) is 0. The van der Waals surface area contributed by atoms with Crippen molar-refractivity contribution >= 4 is 22.3 Å². The lowest BCUT2D eigenvalue weighted by molar-refractivity contribution is 0.449. The van der Waals surface area contributed by atoms with Crippen LogP contribution in [-0.4, -0.2) is 5.11 Å². The highest BCUT2D eigenvalue weighted by atomic mass is 32.1. The lowest BCUT2D eigenvalue weighted by Crippen LogP contribution is -2.01. The molecule has 0 spiro atoms. The monoisotopic (exact) mass is 244 g/mol. The van der Waals surface area contributed by atoms with Gasteiger partial charge in [-0.05, 0) is 23.6 Å². The molecule has 3 aromatic rings. The van der Waals surface area contributed by atoms with Gasteiger partial charge in [0.05, 0.1) is 5.39 Å². The Bertz CT molecular complexity index is 726. The molecule has 0 saturated heterocycles. The van der Waals surface area contributed by atoms with Crippen molar-refractivity contribution in [1.82, 2.24) is 0 Å². The van der Waals surface area contributed by atoms with E-state index in [-0.39, 0.29) is 11.5 Å². The van der Waals surface area contributed by atoms with Crippen molar-refractivity contribution in [2.45, 2.75) is 0 Å². The standard InChI is InChI=1S/C13H8O3S/c14-11-9-3-1-2-4-10(9)16-13(12(11)15)8-5-6-17-7-8/h1-7,15H. The minimum absolute atomic E-state index is 0.231. The Hall–Kier alpha value is -2.07. The van der Waals surface area contributed by atoms with Gasteiger partial charge in [0, 0.05) is 10.9 Å². The van der Waals surface area contributed by atoms with Crippen LogP contribution in [-0.2, 0) is 0 Å². The number of hydrogen-bond acceptors (Lipinski definition) is 4. The fraction of sp³-hybridized carbons (Fsp3) is 0. The lowest BCUT2D eigenvalue weighted by atomic mass is 10.1. The van der Waals surface area contributed by atoms with E-state index in [1.165, 1.54) is 11.3 Å². The summed E-state index contributed by atoms with van der Waals surface area (Å²) in [7, 11) is 0. The van der Waals surface area contributed by atoms with E-state index in [0.29, 0.717) is 11.0 Å². The van der Waals surface area contributed by atoms with Crippen molar-refractivity contribution < 1.29 is 9.52 Å². The second-order valence-corrected chi connectivity index (χ2v) is 4.40. The van der Waals surface area contributed by atoms with Gasteiger partial charge in [0.2, 0.25) is 11.2 Å². The first-order chi connectivity index (χ1) is 8.27. The molecule has 0 unspecified atom stereocenters. The molecule has 0 saturated carbocycles. The molecule has 0 aliphatic rings. The molecule has 1 aromatic carbocycles. The Morgan fingerprint density at radius 3 is 2.76 bits per heavy atom. The van der Waals surface area contributed by atoms with Crippen LogP contribution >= 0.6 is 11.3 Å². The van der Waals surface area contributed by atoms with Gasteiger partial charge in [0.25, 0.3) is 0 Å². The molecule has 17 heavy (non-hydrogen) atoms. The van der Waals surface area contributed by atoms with E-state index in [9.17, 15) is 9.90 Å². The van der Waals surface area contributed by atoms with Gasteiger partial charge in [0.15, 0.2) is 5.76 Å². The zero-order valence-electron chi connectivity index (χ0n) is 8.71. The molecule has 3 nitrogen and oxygen atoms in total. The van der Waals surface area contributed by atoms with Gasteiger partial charge in [0.1, 0.15) is 5.58 Å². The van der Waals surface area contributed by atoms with Crippen LogP contribution in [0, 0.1) is 0 Å². The van der Waals surface area contributed by atoms with Gasteiger partial charge >= 0.3 is 0 Å². The third-order valence-corrected chi connectivity index (χ3v) is 3.24. The highest BCUT2D eigenvalue weighted by Crippen LogP contribution is 2.30. The molecule has 1 N–H and O–H groups in total. The van der Waals surface area contributed by atoms with E-state index in [0.717, 1.165) is 5.56 Å². The number of hydrogen-bond donors (Lipinski definition) is 1. The smallest absolute Gasteiger partial charge is 0.235 e. The van der Waals surface area contributed by atoms with Crippen molar-refractivity contribution in [1.29, 1.82) is 0 Å². The number of benzene rings is 1. The average molecular weight is 244 g/mol. The van der Waals surface area contributed by atoms with Crippen molar-refractivity contribution in [3.63, 3.8) is 0 Å². The third-order valence-electron chi connectivity index (χ3n) is 2.56. The summed E-state index contributed by atoms with van der Waals surface area (Å²) in [6.07, 6.45) is 0. The molecule has 0 amide bonds. The van der Waals surface area contributed by atoms with Crippen LogP contribution in [0.25, 0.3) is 22.3 Å². The summed E-state index contributed by atoms with van der Waals surface area (Å²) in [5.41, 5.74) is 0.805. The Morgan fingerprint density at radius 2 is 2.00 bits per heavy atom. The average Bonchev–Trinajstić information content (AvgIpc) is 2.87. The van der Waals surface area contributed by atoms with Gasteiger partial charge in [-0.1, -0.05) is 12.1 Å². The summed E-state index contributed by atoms with van der Waals surface area (Å²) in [5.74, 6) is -0.1000. The van der Waals surface area contributed by atoms with Crippen molar-refractivity contribution in [3.8, 4) is 17.1 Å². The highest BCUT2D eigenvalue weighted by molar-refractivity contribution is 7.08. The number of thiophene rings is 1. The van der Waals surface area contributed by atoms with E-state index in [1.807, 2.05) is 10.8 Å². The van der Waals surface area contributed by atoms with Crippen LogP contribution in [0.4, 0.5) is 0 Å². The number of para-hydroxylation sites is 1. The van der Waals surface area contributed by atoms with Crippen molar-refractivity contribution in [2.75, 3.05) is 0 Å². The van der Waals surface area contributed by atoms with Gasteiger partial charge in [-0.15, -0.1) is 0 Å². The van der Waals surface area contributed by atoms with Crippen LogP contribution in [0.5, 0.6) is 5.75 Å². The largest absolute Gasteiger partial charge is 0.502 e. The molecule has 0 aliphatic carbocycles. The normalized spacial score (nSPS) is 10.8. The topological polar surface area (TPSA) is 50.4 Å². The Balaban J connectivity index is 2.42. The fourth-order valence-corrected chi connectivity index (χ4v) is 2.36. The molecule has 0 atom stereocenters. The fourth-order valence-electron chi connectivity index (χ4n) is 1.72. The molecule has 0 bridgehead atoms. The second-order valence-electron chi connectivity index (χ2n) is 3.62. The molecule has 2 aromatic heterocycles. The SMILES string of the molecule is O=c1c(O)c(-c2ccsc2)oc2ccccc12. The van der Waals surface area contributed by atoms with E-state index in [1.54, 1.807) is 30.3 Å². The Kier molecular flexibility index (Phi) is 2.23. The van der Waals surface area contributed by atoms with Crippen molar-refractivity contribution in [3.05, 3.63) is 51.3 Å². The molecule has 0 radical (unpaired) electrons. The summed E-state index contributed by atoms with van der Waals surface area (Å²) < 4.78 is 5.57. The van der Waals surface area contributed by atoms with Crippen LogP contribution in [0.2, 0.25) is 0 Å². The first-order valence-corrected chi connectivity index (χ1v) is 5.99. The maximum absolute atomic E-state index is 11.9. The molecule has 3 rings (SSSR count). The van der Waals surface area contributed by atoms with E-state index in [2.05, 4.69) is 0 Å². The number of fused-ring (bicyclic) bond motifs is 1. The Morgan fingerprint density at radius 1 is 1.18 bits per heavy atom. The predicted molar refractivity (Wildman–Crippen MR) is 67.5 cm³/mol. The van der Waals surface area contributed by atoms with Gasteiger partial charge in [-0.25, -0.2) is 0 Å². The molecule has 0 fully saturated rings. The highest BCUT2D eigenvalue weighted by Gasteiger charge is 2.14. The number of aromatic hydroxyl groups is 1. The van der Waals surface area contributed by atoms with E-state index < -0.39 is 5.43 Å². The first-order valence-electron chi connectivity index (χ1n) is 5.05. The molecular weight excluding hydrogens is 236 g/mol. The van der Waals surface area contributed by atoms with Gasteiger partial charge < -0.3 is 9.52 Å². The van der Waals surface area contributed by atoms with Crippen molar-refractivity contribution in [2.24, 2.45) is 0 Å². The molecule has 84 valence electrons. The second kappa shape index (κ2) is 3.75. The maximum atomic E-state index is 11.9. The van der Waals surface area contributed by atoms with Crippen LogP contribution in [0.15, 0.2) is 50.3 Å². The zero-order valence-corrected chi connectivity index (χ0v) is 9.53.